The van der Waals surface area contributed by atoms with Gasteiger partial charge in [0.05, 0.1) is 0 Å². The van der Waals surface area contributed by atoms with E-state index in [-0.39, 0.29) is 0 Å². The van der Waals surface area contributed by atoms with Gasteiger partial charge in [0, 0.05) is 10.7 Å². The summed E-state index contributed by atoms with van der Waals surface area (Å²) < 4.78 is 98.3. The number of ether oxygens (including phenoxy) is 1. The summed E-state index contributed by atoms with van der Waals surface area (Å²) in [5.41, 5.74) is 0. The van der Waals surface area contributed by atoms with E-state index >= 15 is 0 Å². The molecule has 0 radical (unpaired) electrons. The van der Waals surface area contributed by atoms with Gasteiger partial charge in [-0.2, -0.15) is 31.3 Å². The highest BCUT2D eigenvalue weighted by Gasteiger charge is 2.63. The normalized spacial score (nSPS) is 16.6. The van der Waals surface area contributed by atoms with Crippen LogP contribution in [0.4, 0.5) is 26.3 Å². The number of aromatic nitrogens is 3. The number of alkyl halides is 6. The number of nitrogens with zero attached hydrogens (tertiary/aromatic N) is 2. The molecule has 6 nitrogen and oxygen atoms in total. The van der Waals surface area contributed by atoms with E-state index < -0.39 is 38.7 Å². The molecule has 1 heterocycles. The van der Waals surface area contributed by atoms with Crippen LogP contribution in [-0.2, 0) is 19.6 Å². The maximum atomic E-state index is 13.5. The molecule has 1 N–H and O–H groups in total. The summed E-state index contributed by atoms with van der Waals surface area (Å²) in [6, 6.07) is 0. The molecule has 1 unspecified atom stereocenters. The SMILES string of the molecule is O=S(=O)(Cl)c1n[nH]c(C(F)(OC(F)F)C(F)(F)F)n1. The third-order valence-electron chi connectivity index (χ3n) is 1.60. The Morgan fingerprint density at radius 2 is 1.79 bits per heavy atom. The van der Waals surface area contributed by atoms with Crippen LogP contribution in [0, 0.1) is 0 Å². The molecule has 19 heavy (non-hydrogen) atoms. The van der Waals surface area contributed by atoms with E-state index in [0.29, 0.717) is 0 Å². The summed E-state index contributed by atoms with van der Waals surface area (Å²) in [6.07, 6.45) is -5.96. The van der Waals surface area contributed by atoms with Crippen molar-refractivity contribution in [2.24, 2.45) is 0 Å². The summed E-state index contributed by atoms with van der Waals surface area (Å²) in [4.78, 5) is 2.53. The summed E-state index contributed by atoms with van der Waals surface area (Å²) >= 11 is 0. The van der Waals surface area contributed by atoms with Crippen LogP contribution in [0.25, 0.3) is 0 Å². The number of H-pyrrole nitrogens is 1. The molecular formula is C5H2ClF6N3O3S. The molecule has 0 bridgehead atoms. The first kappa shape index (κ1) is 16.0. The zero-order valence-corrected chi connectivity index (χ0v) is 9.82. The Kier molecular flexibility index (Phi) is 4.03. The highest BCUT2D eigenvalue weighted by atomic mass is 35.7. The van der Waals surface area contributed by atoms with Crippen molar-refractivity contribution in [3.8, 4) is 0 Å². The lowest BCUT2D eigenvalue weighted by Crippen LogP contribution is -2.43. The van der Waals surface area contributed by atoms with Crippen LogP contribution in [0.15, 0.2) is 5.16 Å². The Morgan fingerprint density at radius 3 is 2.11 bits per heavy atom. The lowest BCUT2D eigenvalue weighted by molar-refractivity contribution is -0.386. The van der Waals surface area contributed by atoms with E-state index in [1.165, 1.54) is 5.10 Å². The lowest BCUT2D eigenvalue weighted by atomic mass is 10.3. The molecule has 0 amide bonds. The quantitative estimate of drug-likeness (QED) is 0.669. The standard InChI is InChI=1S/C5H2ClF6N3O3S/c6-19(16,17)3-13-1(14-15-3)4(9,5(10,11)12)18-2(7)8/h2H,(H,13,14,15). The minimum absolute atomic E-state index is 1.19. The lowest BCUT2D eigenvalue weighted by Gasteiger charge is -2.24. The Morgan fingerprint density at radius 1 is 1.26 bits per heavy atom. The van der Waals surface area contributed by atoms with Crippen molar-refractivity contribution >= 4 is 19.7 Å². The Balaban J connectivity index is 3.31. The molecule has 1 rings (SSSR count). The number of hydrogen-bond donors (Lipinski definition) is 1. The van der Waals surface area contributed by atoms with Crippen molar-refractivity contribution in [3.63, 3.8) is 0 Å². The molecule has 110 valence electrons. The molecule has 1 aromatic heterocycles. The van der Waals surface area contributed by atoms with E-state index in [1.54, 1.807) is 0 Å². The van der Waals surface area contributed by atoms with Gasteiger partial charge in [0.1, 0.15) is 0 Å². The summed E-state index contributed by atoms with van der Waals surface area (Å²) in [6.45, 7) is -4.15. The molecule has 0 aliphatic rings. The second-order valence-electron chi connectivity index (χ2n) is 2.88. The third-order valence-corrected chi connectivity index (χ3v) is 2.64. The van der Waals surface area contributed by atoms with Crippen molar-refractivity contribution < 1.29 is 39.5 Å². The van der Waals surface area contributed by atoms with Gasteiger partial charge in [-0.05, 0) is 0 Å². The minimum Gasteiger partial charge on any atom is -0.271 e. The average Bonchev–Trinajstić information content (AvgIpc) is 2.62. The number of nitrogens with one attached hydrogen (secondary N) is 1. The number of hydrogen-bond acceptors (Lipinski definition) is 5. The molecule has 1 aromatic rings. The Bertz CT molecular complexity index is 559. The van der Waals surface area contributed by atoms with Gasteiger partial charge in [0.25, 0.3) is 14.2 Å². The first-order chi connectivity index (χ1) is 8.38. The van der Waals surface area contributed by atoms with Gasteiger partial charge in [0.15, 0.2) is 0 Å². The molecule has 1 atom stereocenters. The van der Waals surface area contributed by atoms with Crippen molar-refractivity contribution in [1.29, 1.82) is 0 Å². The molecule has 0 aliphatic carbocycles. The number of rotatable bonds is 4. The van der Waals surface area contributed by atoms with Gasteiger partial charge in [0.2, 0.25) is 5.82 Å². The fourth-order valence-electron chi connectivity index (χ4n) is 0.879. The van der Waals surface area contributed by atoms with Crippen LogP contribution in [-0.4, -0.2) is 36.4 Å². The first-order valence-corrected chi connectivity index (χ1v) is 6.28. The zero-order chi connectivity index (χ0) is 15.1. The molecule has 0 saturated heterocycles. The summed E-state index contributed by atoms with van der Waals surface area (Å²) in [7, 11) is 0.00197. The van der Waals surface area contributed by atoms with Gasteiger partial charge >= 0.3 is 18.6 Å². The molecule has 0 aromatic carbocycles. The fraction of sp³-hybridized carbons (Fsp3) is 0.600. The second-order valence-corrected chi connectivity index (χ2v) is 5.34. The second kappa shape index (κ2) is 4.79. The molecule has 0 fully saturated rings. The average molecular weight is 334 g/mol. The van der Waals surface area contributed by atoms with E-state index in [0.717, 1.165) is 0 Å². The summed E-state index contributed by atoms with van der Waals surface area (Å²) in [5.74, 6) is -6.99. The smallest absolute Gasteiger partial charge is 0.271 e. The predicted molar refractivity (Wildman–Crippen MR) is 45.4 cm³/mol. The molecule has 14 heteroatoms. The van der Waals surface area contributed by atoms with Crippen LogP contribution in [0.3, 0.4) is 0 Å². The summed E-state index contributed by atoms with van der Waals surface area (Å²) in [5, 5.41) is 2.42. The number of aromatic amines is 1. The van der Waals surface area contributed by atoms with Crippen molar-refractivity contribution in [2.75, 3.05) is 0 Å². The largest absolute Gasteiger partial charge is 0.456 e. The molecule has 0 spiro atoms. The fourth-order valence-corrected chi connectivity index (χ4v) is 1.44. The highest BCUT2D eigenvalue weighted by Crippen LogP contribution is 2.43. The minimum atomic E-state index is -5.96. The number of halogens is 7. The van der Waals surface area contributed by atoms with E-state index in [2.05, 4.69) is 25.5 Å². The van der Waals surface area contributed by atoms with Crippen molar-refractivity contribution in [2.45, 2.75) is 23.8 Å². The maximum Gasteiger partial charge on any atom is 0.456 e. The van der Waals surface area contributed by atoms with Crippen LogP contribution in [0.2, 0.25) is 0 Å². The van der Waals surface area contributed by atoms with Crippen LogP contribution < -0.4 is 0 Å². The van der Waals surface area contributed by atoms with Crippen molar-refractivity contribution in [1.82, 2.24) is 15.2 Å². The van der Waals surface area contributed by atoms with Gasteiger partial charge in [-0.1, -0.05) is 0 Å². The van der Waals surface area contributed by atoms with Gasteiger partial charge in [-0.3, -0.25) is 9.84 Å². The monoisotopic (exact) mass is 333 g/mol. The van der Waals surface area contributed by atoms with Crippen LogP contribution in [0.5, 0.6) is 0 Å². The first-order valence-electron chi connectivity index (χ1n) is 3.97. The molecule has 0 aliphatic heterocycles. The van der Waals surface area contributed by atoms with E-state index in [9.17, 15) is 34.8 Å². The third kappa shape index (κ3) is 3.27. The van der Waals surface area contributed by atoms with E-state index in [1.807, 2.05) is 0 Å². The van der Waals surface area contributed by atoms with Gasteiger partial charge in [-0.25, -0.2) is 8.42 Å². The molecular weight excluding hydrogens is 332 g/mol. The van der Waals surface area contributed by atoms with Crippen LogP contribution in [0.1, 0.15) is 5.82 Å². The zero-order valence-electron chi connectivity index (χ0n) is 8.25. The topological polar surface area (TPSA) is 84.9 Å². The molecule has 0 saturated carbocycles. The Labute approximate surface area is 105 Å². The highest BCUT2D eigenvalue weighted by molar-refractivity contribution is 8.13. The maximum absolute atomic E-state index is 13.5. The van der Waals surface area contributed by atoms with Gasteiger partial charge < -0.3 is 0 Å². The Hall–Kier alpha value is -1.08. The van der Waals surface area contributed by atoms with Crippen molar-refractivity contribution in [3.05, 3.63) is 5.82 Å². The van der Waals surface area contributed by atoms with Crippen LogP contribution >= 0.6 is 10.7 Å². The van der Waals surface area contributed by atoms with E-state index in [4.69, 9.17) is 0 Å². The van der Waals surface area contributed by atoms with Gasteiger partial charge in [-0.15, -0.1) is 5.10 Å². The predicted octanol–water partition coefficient (Wildman–Crippen LogP) is 1.66.